The van der Waals surface area contributed by atoms with E-state index < -0.39 is 16.8 Å². The van der Waals surface area contributed by atoms with E-state index in [0.717, 1.165) is 12.8 Å². The van der Waals surface area contributed by atoms with Gasteiger partial charge in [-0.05, 0) is 18.9 Å². The number of nitrogens with one attached hydrogen (secondary N) is 1. The second-order valence-corrected chi connectivity index (χ2v) is 5.69. The number of carboxylic acid groups (broad SMARTS) is 1. The summed E-state index contributed by atoms with van der Waals surface area (Å²) in [4.78, 5) is 14.8. The van der Waals surface area contributed by atoms with Gasteiger partial charge >= 0.3 is 5.97 Å². The molecule has 1 aromatic heterocycles. The molecule has 17 heavy (non-hydrogen) atoms. The molecule has 2 rings (SSSR count). The highest BCUT2D eigenvalue weighted by atomic mass is 32.2. The molecule has 0 bridgehead atoms. The number of carboxylic acids is 1. The molecule has 0 unspecified atom stereocenters. The molecule has 2 N–H and O–H groups in total. The van der Waals surface area contributed by atoms with Crippen molar-refractivity contribution in [1.29, 1.82) is 0 Å². The van der Waals surface area contributed by atoms with Crippen molar-refractivity contribution in [3.05, 3.63) is 24.0 Å². The van der Waals surface area contributed by atoms with Gasteiger partial charge < -0.3 is 10.4 Å². The first-order valence-corrected chi connectivity index (χ1v) is 6.94. The summed E-state index contributed by atoms with van der Waals surface area (Å²) in [6, 6.07) is 1.86. The van der Waals surface area contributed by atoms with Crippen molar-refractivity contribution in [3.8, 4) is 0 Å². The normalized spacial score (nSPS) is 24.2. The van der Waals surface area contributed by atoms with Crippen molar-refractivity contribution < 1.29 is 14.1 Å². The highest BCUT2D eigenvalue weighted by molar-refractivity contribution is 7.85. The summed E-state index contributed by atoms with van der Waals surface area (Å²) in [5.74, 6) is 0.385. The predicted octanol–water partition coefficient (Wildman–Crippen LogP) is 1.10. The molecule has 0 aliphatic carbocycles. The molecule has 6 heteroatoms. The van der Waals surface area contributed by atoms with Gasteiger partial charge in [-0.1, -0.05) is 0 Å². The topological polar surface area (TPSA) is 79.3 Å². The molecule has 2 heterocycles. The summed E-state index contributed by atoms with van der Waals surface area (Å²) in [7, 11) is -0.702. The van der Waals surface area contributed by atoms with Gasteiger partial charge in [-0.2, -0.15) is 0 Å². The molecule has 0 aromatic carbocycles. The molecular weight excluding hydrogens is 240 g/mol. The Labute approximate surface area is 102 Å². The maximum absolute atomic E-state index is 11.2. The lowest BCUT2D eigenvalue weighted by Gasteiger charge is -2.24. The third kappa shape index (κ3) is 3.03. The maximum Gasteiger partial charge on any atom is 0.339 e. The summed E-state index contributed by atoms with van der Waals surface area (Å²) in [5, 5.41) is 12.2. The molecule has 0 atom stereocenters. The summed E-state index contributed by atoms with van der Waals surface area (Å²) in [6.45, 7) is 0. The van der Waals surface area contributed by atoms with Crippen LogP contribution >= 0.6 is 0 Å². The zero-order valence-corrected chi connectivity index (χ0v) is 10.1. The van der Waals surface area contributed by atoms with Crippen LogP contribution in [-0.4, -0.2) is 37.8 Å². The molecule has 0 saturated carbocycles. The van der Waals surface area contributed by atoms with Gasteiger partial charge in [0.2, 0.25) is 0 Å². The van der Waals surface area contributed by atoms with E-state index in [4.69, 9.17) is 5.11 Å². The largest absolute Gasteiger partial charge is 0.478 e. The lowest BCUT2D eigenvalue weighted by Crippen LogP contribution is -2.30. The van der Waals surface area contributed by atoms with E-state index in [-0.39, 0.29) is 11.6 Å². The number of hydrogen-bond acceptors (Lipinski definition) is 4. The Morgan fingerprint density at radius 3 is 2.82 bits per heavy atom. The molecule has 1 aliphatic rings. The van der Waals surface area contributed by atoms with E-state index in [1.54, 1.807) is 12.3 Å². The number of carbonyl (C=O) groups is 1. The quantitative estimate of drug-likeness (QED) is 0.844. The highest BCUT2D eigenvalue weighted by Crippen LogP contribution is 2.19. The molecule has 0 spiro atoms. The number of anilines is 1. The molecule has 92 valence electrons. The Hall–Kier alpha value is -1.43. The van der Waals surface area contributed by atoms with Crippen molar-refractivity contribution in [1.82, 2.24) is 4.98 Å². The second-order valence-electron chi connectivity index (χ2n) is 3.99. The molecule has 1 aromatic rings. The number of aromatic carboxylic acids is 1. The number of nitrogens with zero attached hydrogens (tertiary/aromatic N) is 1. The molecule has 0 radical (unpaired) electrons. The van der Waals surface area contributed by atoms with E-state index >= 15 is 0 Å². The van der Waals surface area contributed by atoms with Crippen LogP contribution in [0, 0.1) is 0 Å². The Morgan fingerprint density at radius 1 is 1.47 bits per heavy atom. The lowest BCUT2D eigenvalue weighted by molar-refractivity contribution is 0.0697. The molecular formula is C11H14N2O3S. The fourth-order valence-electron chi connectivity index (χ4n) is 1.85. The minimum absolute atomic E-state index is 0.180. The maximum atomic E-state index is 11.2. The number of pyridine rings is 1. The number of aromatic nitrogens is 1. The standard InChI is InChI=1S/C11H14N2O3S/c14-11(15)9-7-12-4-1-10(9)13-8-2-5-17(16)6-3-8/h1,4,7-8H,2-3,5-6H2,(H,12,13)(H,14,15). The van der Waals surface area contributed by atoms with Crippen LogP contribution in [-0.2, 0) is 10.8 Å². The minimum Gasteiger partial charge on any atom is -0.478 e. The molecule has 1 fully saturated rings. The number of hydrogen-bond donors (Lipinski definition) is 2. The van der Waals surface area contributed by atoms with E-state index in [0.29, 0.717) is 17.2 Å². The SMILES string of the molecule is O=C(O)c1cnccc1NC1CCS(=O)CC1. The fourth-order valence-corrected chi connectivity index (χ4v) is 3.15. The van der Waals surface area contributed by atoms with E-state index in [1.807, 2.05) is 0 Å². The third-order valence-corrected chi connectivity index (χ3v) is 4.18. The van der Waals surface area contributed by atoms with E-state index in [1.165, 1.54) is 6.20 Å². The van der Waals surface area contributed by atoms with E-state index in [2.05, 4.69) is 10.3 Å². The van der Waals surface area contributed by atoms with Crippen molar-refractivity contribution in [2.75, 3.05) is 16.8 Å². The van der Waals surface area contributed by atoms with Crippen LogP contribution in [0.5, 0.6) is 0 Å². The predicted molar refractivity (Wildman–Crippen MR) is 65.7 cm³/mol. The van der Waals surface area contributed by atoms with Gasteiger partial charge in [0.1, 0.15) is 5.56 Å². The van der Waals surface area contributed by atoms with E-state index in [9.17, 15) is 9.00 Å². The second kappa shape index (κ2) is 5.27. The molecule has 0 amide bonds. The fraction of sp³-hybridized carbons (Fsp3) is 0.455. The van der Waals surface area contributed by atoms with Crippen molar-refractivity contribution in [2.24, 2.45) is 0 Å². The Balaban J connectivity index is 2.08. The van der Waals surface area contributed by atoms with Crippen LogP contribution < -0.4 is 5.32 Å². The molecule has 5 nitrogen and oxygen atoms in total. The van der Waals surface area contributed by atoms with Gasteiger partial charge in [-0.25, -0.2) is 4.79 Å². The van der Waals surface area contributed by atoms with Gasteiger partial charge in [0.05, 0.1) is 5.69 Å². The van der Waals surface area contributed by atoms with Crippen molar-refractivity contribution in [3.63, 3.8) is 0 Å². The van der Waals surface area contributed by atoms with Gasteiger partial charge in [0, 0.05) is 40.7 Å². The van der Waals surface area contributed by atoms with Gasteiger partial charge in [0.15, 0.2) is 0 Å². The lowest BCUT2D eigenvalue weighted by atomic mass is 10.1. The average molecular weight is 254 g/mol. The Kier molecular flexibility index (Phi) is 3.73. The third-order valence-electron chi connectivity index (χ3n) is 2.80. The monoisotopic (exact) mass is 254 g/mol. The van der Waals surface area contributed by atoms with Crippen molar-refractivity contribution in [2.45, 2.75) is 18.9 Å². The van der Waals surface area contributed by atoms with Crippen LogP contribution in [0.1, 0.15) is 23.2 Å². The van der Waals surface area contributed by atoms with Crippen LogP contribution in [0.4, 0.5) is 5.69 Å². The van der Waals surface area contributed by atoms with Gasteiger partial charge in [-0.3, -0.25) is 9.19 Å². The number of rotatable bonds is 3. The van der Waals surface area contributed by atoms with Crippen LogP contribution in [0.2, 0.25) is 0 Å². The summed E-state index contributed by atoms with van der Waals surface area (Å²) in [6.07, 6.45) is 4.53. The summed E-state index contributed by atoms with van der Waals surface area (Å²) in [5.41, 5.74) is 0.768. The highest BCUT2D eigenvalue weighted by Gasteiger charge is 2.19. The first-order chi connectivity index (χ1) is 8.16. The first-order valence-electron chi connectivity index (χ1n) is 5.45. The average Bonchev–Trinajstić information content (AvgIpc) is 2.32. The minimum atomic E-state index is -0.986. The smallest absolute Gasteiger partial charge is 0.339 e. The Bertz CT molecular complexity index is 440. The summed E-state index contributed by atoms with van der Waals surface area (Å²) < 4.78 is 11.2. The van der Waals surface area contributed by atoms with Crippen LogP contribution in [0.3, 0.4) is 0 Å². The molecule has 1 aliphatic heterocycles. The molecule has 1 saturated heterocycles. The van der Waals surface area contributed by atoms with Crippen molar-refractivity contribution >= 4 is 22.5 Å². The zero-order chi connectivity index (χ0) is 12.3. The van der Waals surface area contributed by atoms with Gasteiger partial charge in [-0.15, -0.1) is 0 Å². The van der Waals surface area contributed by atoms with Crippen LogP contribution in [0.15, 0.2) is 18.5 Å². The zero-order valence-electron chi connectivity index (χ0n) is 9.26. The first kappa shape index (κ1) is 12.0. The summed E-state index contributed by atoms with van der Waals surface area (Å²) >= 11 is 0. The van der Waals surface area contributed by atoms with Gasteiger partial charge in [0.25, 0.3) is 0 Å². The van der Waals surface area contributed by atoms with Crippen LogP contribution in [0.25, 0.3) is 0 Å². The Morgan fingerprint density at radius 2 is 2.18 bits per heavy atom.